The zero-order valence-electron chi connectivity index (χ0n) is 11.0. The van der Waals surface area contributed by atoms with Crippen LogP contribution in [-0.4, -0.2) is 32.2 Å². The van der Waals surface area contributed by atoms with Crippen LogP contribution < -0.4 is 0 Å². The molecule has 1 aromatic carbocycles. The van der Waals surface area contributed by atoms with Gasteiger partial charge in [0, 0.05) is 19.2 Å². The summed E-state index contributed by atoms with van der Waals surface area (Å²) >= 11 is 0. The van der Waals surface area contributed by atoms with Crippen LogP contribution in [0.3, 0.4) is 0 Å². The molecule has 0 spiro atoms. The maximum absolute atomic E-state index is 12.4. The minimum Gasteiger partial charge on any atom is -0.271 e. The second-order valence-corrected chi connectivity index (χ2v) is 6.31. The Hall–Kier alpha value is -1.36. The molecule has 1 heterocycles. The van der Waals surface area contributed by atoms with E-state index in [4.69, 9.17) is 0 Å². The predicted octanol–water partition coefficient (Wildman–Crippen LogP) is 2.18. The molecule has 0 unspecified atom stereocenters. The first-order valence-electron chi connectivity index (χ1n) is 6.13. The fraction of sp³-hybridized carbons (Fsp3) is 0.462. The Balaban J connectivity index is 2.56. The molecule has 18 heavy (non-hydrogen) atoms. The first-order valence-corrected chi connectivity index (χ1v) is 7.57. The maximum Gasteiger partial charge on any atom is 0.266 e. The fourth-order valence-corrected chi connectivity index (χ4v) is 3.85. The highest BCUT2D eigenvalue weighted by molar-refractivity contribution is 7.90. The first kappa shape index (κ1) is 13.1. The van der Waals surface area contributed by atoms with Gasteiger partial charge in [-0.15, -0.1) is 0 Å². The summed E-state index contributed by atoms with van der Waals surface area (Å²) in [5, 5.41) is 0. The van der Waals surface area contributed by atoms with E-state index in [1.54, 1.807) is 13.1 Å². The van der Waals surface area contributed by atoms with Gasteiger partial charge in [0.2, 0.25) is 0 Å². The minimum atomic E-state index is -3.39. The number of nitrogens with zero attached hydrogens (tertiary/aromatic N) is 2. The van der Waals surface area contributed by atoms with Gasteiger partial charge < -0.3 is 0 Å². The average molecular weight is 266 g/mol. The summed E-state index contributed by atoms with van der Waals surface area (Å²) < 4.78 is 26.3. The van der Waals surface area contributed by atoms with E-state index in [1.165, 1.54) is 4.31 Å². The van der Waals surface area contributed by atoms with Crippen LogP contribution in [0.4, 0.5) is 0 Å². The van der Waals surface area contributed by atoms with Crippen LogP contribution >= 0.6 is 0 Å². The van der Waals surface area contributed by atoms with Gasteiger partial charge in [0.15, 0.2) is 0 Å². The number of aliphatic imine (C=N–C) groups is 1. The molecule has 0 bridgehead atoms. The molecule has 0 fully saturated rings. The SMILES string of the molecule is CCCCN1C(=NC)c2cc(C)ccc2S1(=O)=O. The van der Waals surface area contributed by atoms with Crippen molar-refractivity contribution < 1.29 is 8.42 Å². The molecule has 1 aliphatic heterocycles. The predicted molar refractivity (Wildman–Crippen MR) is 72.4 cm³/mol. The maximum atomic E-state index is 12.4. The molecule has 0 saturated carbocycles. The van der Waals surface area contributed by atoms with Gasteiger partial charge in [-0.25, -0.2) is 12.7 Å². The third-order valence-electron chi connectivity index (χ3n) is 3.11. The largest absolute Gasteiger partial charge is 0.271 e. The highest BCUT2D eigenvalue weighted by atomic mass is 32.2. The summed E-state index contributed by atoms with van der Waals surface area (Å²) in [4.78, 5) is 4.54. The summed E-state index contributed by atoms with van der Waals surface area (Å²) in [5.74, 6) is 0.571. The van der Waals surface area contributed by atoms with Crippen molar-refractivity contribution in [1.29, 1.82) is 0 Å². The highest BCUT2D eigenvalue weighted by Crippen LogP contribution is 2.31. The second kappa shape index (κ2) is 4.72. The summed E-state index contributed by atoms with van der Waals surface area (Å²) in [6.07, 6.45) is 1.80. The third-order valence-corrected chi connectivity index (χ3v) is 4.95. The van der Waals surface area contributed by atoms with E-state index in [0.29, 0.717) is 17.3 Å². The van der Waals surface area contributed by atoms with Crippen LogP contribution in [0, 0.1) is 6.92 Å². The Morgan fingerprint density at radius 2 is 2.06 bits per heavy atom. The lowest BCUT2D eigenvalue weighted by Gasteiger charge is -2.17. The lowest BCUT2D eigenvalue weighted by Crippen LogP contribution is -2.31. The number of hydrogen-bond acceptors (Lipinski definition) is 3. The summed E-state index contributed by atoms with van der Waals surface area (Å²) in [6.45, 7) is 4.50. The first-order chi connectivity index (χ1) is 8.52. The summed E-state index contributed by atoms with van der Waals surface area (Å²) in [5.41, 5.74) is 1.77. The van der Waals surface area contributed by atoms with E-state index in [2.05, 4.69) is 4.99 Å². The zero-order chi connectivity index (χ0) is 13.3. The van der Waals surface area contributed by atoms with Gasteiger partial charge in [0.25, 0.3) is 10.0 Å². The smallest absolute Gasteiger partial charge is 0.266 e. The Bertz CT molecular complexity index is 591. The van der Waals surface area contributed by atoms with Crippen molar-refractivity contribution in [3.8, 4) is 0 Å². The molecule has 0 amide bonds. The van der Waals surface area contributed by atoms with Gasteiger partial charge in [-0.05, 0) is 25.5 Å². The number of unbranched alkanes of at least 4 members (excludes halogenated alkanes) is 1. The zero-order valence-corrected chi connectivity index (χ0v) is 11.8. The Labute approximate surface area is 108 Å². The lowest BCUT2D eigenvalue weighted by molar-refractivity contribution is 0.518. The topological polar surface area (TPSA) is 49.7 Å². The van der Waals surface area contributed by atoms with Crippen molar-refractivity contribution in [3.05, 3.63) is 29.3 Å². The van der Waals surface area contributed by atoms with Crippen LogP contribution in [-0.2, 0) is 10.0 Å². The fourth-order valence-electron chi connectivity index (χ4n) is 2.17. The van der Waals surface area contributed by atoms with Crippen molar-refractivity contribution in [2.24, 2.45) is 4.99 Å². The van der Waals surface area contributed by atoms with Crippen molar-refractivity contribution in [3.63, 3.8) is 0 Å². The standard InChI is InChI=1S/C13H18N2O2S/c1-4-5-8-15-13(14-3)11-9-10(2)6-7-12(11)18(15,16)17/h6-7,9H,4-5,8H2,1-3H3. The molecule has 1 aromatic rings. The van der Waals surface area contributed by atoms with Gasteiger partial charge in [-0.2, -0.15) is 0 Å². The quantitative estimate of drug-likeness (QED) is 0.842. The molecular formula is C13H18N2O2S. The van der Waals surface area contributed by atoms with Crippen LogP contribution in [0.5, 0.6) is 0 Å². The van der Waals surface area contributed by atoms with E-state index < -0.39 is 10.0 Å². The number of amidine groups is 1. The number of aryl methyl sites for hydroxylation is 1. The van der Waals surface area contributed by atoms with Crippen LogP contribution in [0.15, 0.2) is 28.1 Å². The van der Waals surface area contributed by atoms with E-state index >= 15 is 0 Å². The molecule has 1 aliphatic rings. The Morgan fingerprint density at radius 3 is 2.67 bits per heavy atom. The van der Waals surface area contributed by atoms with Gasteiger partial charge in [0.1, 0.15) is 5.84 Å². The van der Waals surface area contributed by atoms with Crippen molar-refractivity contribution in [2.75, 3.05) is 13.6 Å². The van der Waals surface area contributed by atoms with E-state index in [9.17, 15) is 8.42 Å². The third kappa shape index (κ3) is 1.92. The van der Waals surface area contributed by atoms with Crippen LogP contribution in [0.2, 0.25) is 0 Å². The van der Waals surface area contributed by atoms with E-state index in [0.717, 1.165) is 24.0 Å². The lowest BCUT2D eigenvalue weighted by atomic mass is 10.1. The summed E-state index contributed by atoms with van der Waals surface area (Å²) in [6, 6.07) is 5.39. The van der Waals surface area contributed by atoms with E-state index in [-0.39, 0.29) is 0 Å². The molecule has 2 rings (SSSR count). The monoisotopic (exact) mass is 266 g/mol. The molecule has 0 aromatic heterocycles. The minimum absolute atomic E-state index is 0.379. The van der Waals surface area contributed by atoms with E-state index in [1.807, 2.05) is 26.0 Å². The average Bonchev–Trinajstić information content (AvgIpc) is 2.53. The molecule has 98 valence electrons. The van der Waals surface area contributed by atoms with Gasteiger partial charge >= 0.3 is 0 Å². The molecule has 0 N–H and O–H groups in total. The molecule has 0 saturated heterocycles. The van der Waals surface area contributed by atoms with Gasteiger partial charge in [0.05, 0.1) is 4.90 Å². The summed E-state index contributed by atoms with van der Waals surface area (Å²) in [7, 11) is -1.75. The molecular weight excluding hydrogens is 248 g/mol. The van der Waals surface area contributed by atoms with Crippen molar-refractivity contribution >= 4 is 15.9 Å². The molecule has 0 radical (unpaired) electrons. The normalized spacial score (nSPS) is 19.3. The number of fused-ring (bicyclic) bond motifs is 1. The molecule has 4 nitrogen and oxygen atoms in total. The van der Waals surface area contributed by atoms with Crippen molar-refractivity contribution in [2.45, 2.75) is 31.6 Å². The number of benzene rings is 1. The van der Waals surface area contributed by atoms with Crippen molar-refractivity contribution in [1.82, 2.24) is 4.31 Å². The van der Waals surface area contributed by atoms with Crippen LogP contribution in [0.25, 0.3) is 0 Å². The molecule has 5 heteroatoms. The second-order valence-electron chi connectivity index (χ2n) is 4.48. The Kier molecular flexibility index (Phi) is 3.43. The number of sulfonamides is 1. The van der Waals surface area contributed by atoms with Crippen LogP contribution in [0.1, 0.15) is 30.9 Å². The highest BCUT2D eigenvalue weighted by Gasteiger charge is 2.38. The number of rotatable bonds is 3. The Morgan fingerprint density at radius 1 is 1.33 bits per heavy atom. The van der Waals surface area contributed by atoms with Gasteiger partial charge in [-0.1, -0.05) is 25.0 Å². The van der Waals surface area contributed by atoms with Gasteiger partial charge in [-0.3, -0.25) is 4.99 Å². The number of hydrogen-bond donors (Lipinski definition) is 0. The molecule has 0 aliphatic carbocycles. The molecule has 0 atom stereocenters.